The number of amides is 1. The van der Waals surface area contributed by atoms with Gasteiger partial charge in [0.1, 0.15) is 5.82 Å². The number of carbonyl (C=O) groups is 1. The van der Waals surface area contributed by atoms with E-state index in [-0.39, 0.29) is 10.8 Å². The molecule has 1 saturated heterocycles. The molecule has 0 radical (unpaired) electrons. The molecule has 1 N–H and O–H groups in total. The van der Waals surface area contributed by atoms with Crippen molar-refractivity contribution in [2.45, 2.75) is 44.9 Å². The number of piperazine rings is 1. The average Bonchev–Trinajstić information content (AvgIpc) is 3.16. The van der Waals surface area contributed by atoms with Crippen LogP contribution in [0.2, 0.25) is 0 Å². The summed E-state index contributed by atoms with van der Waals surface area (Å²) in [6.45, 7) is 14.0. The van der Waals surface area contributed by atoms with E-state index in [0.717, 1.165) is 57.0 Å². The van der Waals surface area contributed by atoms with Gasteiger partial charge in [-0.25, -0.2) is 13.4 Å². The number of hydrogen-bond donors (Lipinski definition) is 1. The van der Waals surface area contributed by atoms with E-state index < -0.39 is 10.0 Å². The maximum Gasteiger partial charge on any atom is 0.243 e. The Morgan fingerprint density at radius 2 is 1.76 bits per heavy atom. The van der Waals surface area contributed by atoms with Crippen LogP contribution in [0.5, 0.6) is 0 Å². The van der Waals surface area contributed by atoms with Gasteiger partial charge in [0, 0.05) is 65.7 Å². The van der Waals surface area contributed by atoms with Crippen LogP contribution < -0.4 is 5.32 Å². The van der Waals surface area contributed by atoms with Crippen molar-refractivity contribution in [1.82, 2.24) is 29.0 Å². The van der Waals surface area contributed by atoms with E-state index >= 15 is 0 Å². The van der Waals surface area contributed by atoms with Crippen LogP contribution in [0.15, 0.2) is 23.1 Å². The zero-order valence-corrected chi connectivity index (χ0v) is 21.9. The minimum Gasteiger partial charge on any atom is -0.356 e. The second-order valence-corrected chi connectivity index (χ2v) is 10.7. The predicted octanol–water partition coefficient (Wildman–Crippen LogP) is 1.68. The molecule has 0 bridgehead atoms. The molecule has 2 aromatic rings. The fourth-order valence-electron chi connectivity index (χ4n) is 4.50. The average molecular weight is 493 g/mol. The number of likely N-dealkylation sites (N-methyl/N-ethyl adjacent to an activating group) is 1. The first-order valence-corrected chi connectivity index (χ1v) is 13.9. The van der Waals surface area contributed by atoms with E-state index in [0.29, 0.717) is 38.0 Å². The summed E-state index contributed by atoms with van der Waals surface area (Å²) in [5.74, 6) is 0.795. The van der Waals surface area contributed by atoms with E-state index in [1.165, 1.54) is 4.31 Å². The quantitative estimate of drug-likeness (QED) is 0.454. The molecule has 1 aliphatic heterocycles. The monoisotopic (exact) mass is 492 g/mol. The van der Waals surface area contributed by atoms with Crippen LogP contribution >= 0.6 is 0 Å². The largest absolute Gasteiger partial charge is 0.356 e. The number of aryl methyl sites for hydroxylation is 2. The summed E-state index contributed by atoms with van der Waals surface area (Å²) in [6.07, 6.45) is 1.82. The summed E-state index contributed by atoms with van der Waals surface area (Å²) in [5, 5.41) is 3.02. The van der Waals surface area contributed by atoms with Crippen LogP contribution in [0.3, 0.4) is 0 Å². The summed E-state index contributed by atoms with van der Waals surface area (Å²) < 4.78 is 29.0. The maximum absolute atomic E-state index is 12.8. The molecular weight excluding hydrogens is 452 g/mol. The lowest BCUT2D eigenvalue weighted by molar-refractivity contribution is -0.121. The molecule has 0 unspecified atom stereocenters. The SMILES string of the molecule is CCN1CCN(CCCNC(=O)CCc2nc3cc(S(=O)(=O)N(CC)CC)ccc3n2C)CC1. The van der Waals surface area contributed by atoms with Crippen molar-refractivity contribution in [3.05, 3.63) is 24.0 Å². The molecule has 34 heavy (non-hydrogen) atoms. The minimum atomic E-state index is -3.53. The fraction of sp³-hybridized carbons (Fsp3) is 0.667. The molecule has 1 amide bonds. The highest BCUT2D eigenvalue weighted by atomic mass is 32.2. The first-order chi connectivity index (χ1) is 16.3. The summed E-state index contributed by atoms with van der Waals surface area (Å²) in [7, 11) is -1.63. The Morgan fingerprint density at radius 1 is 1.09 bits per heavy atom. The third-order valence-electron chi connectivity index (χ3n) is 6.75. The standard InChI is InChI=1S/C24H40N6O3S/c1-5-28-15-17-29(18-16-28)14-8-13-25-24(31)12-11-23-26-21-19-20(9-10-22(21)27(23)4)34(32,33)30(6-2)7-3/h9-10,19H,5-8,11-18H2,1-4H3,(H,25,31). The summed E-state index contributed by atoms with van der Waals surface area (Å²) in [5.41, 5.74) is 1.49. The molecule has 2 heterocycles. The molecule has 3 rings (SSSR count). The Bertz CT molecular complexity index is 1060. The van der Waals surface area contributed by atoms with E-state index in [9.17, 15) is 13.2 Å². The summed E-state index contributed by atoms with van der Waals surface area (Å²) >= 11 is 0. The fourth-order valence-corrected chi connectivity index (χ4v) is 5.98. The zero-order valence-electron chi connectivity index (χ0n) is 21.1. The number of imidazole rings is 1. The lowest BCUT2D eigenvalue weighted by Gasteiger charge is -2.33. The number of aromatic nitrogens is 2. The molecule has 0 atom stereocenters. The van der Waals surface area contributed by atoms with Crippen molar-refractivity contribution in [2.24, 2.45) is 7.05 Å². The number of benzene rings is 1. The minimum absolute atomic E-state index is 0.0210. The maximum atomic E-state index is 12.8. The van der Waals surface area contributed by atoms with Crippen molar-refractivity contribution in [2.75, 3.05) is 58.9 Å². The van der Waals surface area contributed by atoms with Crippen LogP contribution in [-0.2, 0) is 28.3 Å². The van der Waals surface area contributed by atoms with Crippen LogP contribution in [-0.4, -0.2) is 96.9 Å². The van der Waals surface area contributed by atoms with Crippen molar-refractivity contribution in [3.63, 3.8) is 0 Å². The lowest BCUT2D eigenvalue weighted by Crippen LogP contribution is -2.46. The van der Waals surface area contributed by atoms with Crippen LogP contribution in [0.1, 0.15) is 39.4 Å². The number of sulfonamides is 1. The topological polar surface area (TPSA) is 90.8 Å². The van der Waals surface area contributed by atoms with Gasteiger partial charge in [0.05, 0.1) is 15.9 Å². The lowest BCUT2D eigenvalue weighted by atomic mass is 10.2. The molecule has 0 saturated carbocycles. The van der Waals surface area contributed by atoms with E-state index in [2.05, 4.69) is 27.0 Å². The van der Waals surface area contributed by atoms with Crippen molar-refractivity contribution >= 4 is 27.0 Å². The molecule has 0 spiro atoms. The summed E-state index contributed by atoms with van der Waals surface area (Å²) in [4.78, 5) is 22.2. The molecule has 1 aromatic heterocycles. The van der Waals surface area contributed by atoms with Gasteiger partial charge in [0.25, 0.3) is 0 Å². The third-order valence-corrected chi connectivity index (χ3v) is 8.80. The summed E-state index contributed by atoms with van der Waals surface area (Å²) in [6, 6.07) is 5.06. The Kier molecular flexibility index (Phi) is 9.47. The highest BCUT2D eigenvalue weighted by molar-refractivity contribution is 7.89. The van der Waals surface area contributed by atoms with Crippen LogP contribution in [0.25, 0.3) is 11.0 Å². The van der Waals surface area contributed by atoms with Gasteiger partial charge in [-0.3, -0.25) is 4.79 Å². The molecule has 1 aromatic carbocycles. The smallest absolute Gasteiger partial charge is 0.243 e. The van der Waals surface area contributed by atoms with E-state index in [1.54, 1.807) is 18.2 Å². The molecule has 1 aliphatic rings. The normalized spacial score (nSPS) is 15.9. The van der Waals surface area contributed by atoms with Crippen LogP contribution in [0, 0.1) is 0 Å². The van der Waals surface area contributed by atoms with Crippen LogP contribution in [0.4, 0.5) is 0 Å². The first-order valence-electron chi connectivity index (χ1n) is 12.5. The second kappa shape index (κ2) is 12.1. The van der Waals surface area contributed by atoms with Crippen molar-refractivity contribution in [1.29, 1.82) is 0 Å². The number of hydrogen-bond acceptors (Lipinski definition) is 6. The van der Waals surface area contributed by atoms with Gasteiger partial charge in [-0.15, -0.1) is 0 Å². The van der Waals surface area contributed by atoms with Gasteiger partial charge in [0.2, 0.25) is 15.9 Å². The molecule has 9 nitrogen and oxygen atoms in total. The van der Waals surface area contributed by atoms with Gasteiger partial charge in [-0.2, -0.15) is 4.31 Å². The highest BCUT2D eigenvalue weighted by Gasteiger charge is 2.23. The number of fused-ring (bicyclic) bond motifs is 1. The number of carbonyl (C=O) groups excluding carboxylic acids is 1. The highest BCUT2D eigenvalue weighted by Crippen LogP contribution is 2.22. The molecule has 1 fully saturated rings. The van der Waals surface area contributed by atoms with E-state index in [1.807, 2.05) is 25.5 Å². The Balaban J connectivity index is 1.50. The zero-order chi connectivity index (χ0) is 24.7. The second-order valence-electron chi connectivity index (χ2n) is 8.81. The Labute approximate surface area is 204 Å². The van der Waals surface area contributed by atoms with Crippen molar-refractivity contribution < 1.29 is 13.2 Å². The molecule has 10 heteroatoms. The number of rotatable bonds is 12. The van der Waals surface area contributed by atoms with E-state index in [4.69, 9.17) is 0 Å². The Morgan fingerprint density at radius 3 is 2.41 bits per heavy atom. The van der Waals surface area contributed by atoms with Crippen molar-refractivity contribution in [3.8, 4) is 0 Å². The predicted molar refractivity (Wildman–Crippen MR) is 135 cm³/mol. The van der Waals surface area contributed by atoms with Gasteiger partial charge in [-0.05, 0) is 37.7 Å². The number of nitrogens with one attached hydrogen (secondary N) is 1. The van der Waals surface area contributed by atoms with Gasteiger partial charge in [-0.1, -0.05) is 20.8 Å². The first kappa shape index (κ1) is 26.6. The van der Waals surface area contributed by atoms with Gasteiger partial charge >= 0.3 is 0 Å². The molecule has 190 valence electrons. The van der Waals surface area contributed by atoms with Gasteiger partial charge < -0.3 is 19.7 Å². The molecule has 0 aliphatic carbocycles. The third kappa shape index (κ3) is 6.35. The van der Waals surface area contributed by atoms with Gasteiger partial charge in [0.15, 0.2) is 0 Å². The number of nitrogens with zero attached hydrogens (tertiary/aromatic N) is 5. The molecular formula is C24H40N6O3S. The Hall–Kier alpha value is -2.01.